The van der Waals surface area contributed by atoms with E-state index >= 15 is 0 Å². The molecule has 0 aliphatic carbocycles. The first kappa shape index (κ1) is 12.2. The summed E-state index contributed by atoms with van der Waals surface area (Å²) in [6.07, 6.45) is 0. The summed E-state index contributed by atoms with van der Waals surface area (Å²) < 4.78 is 26.5. The molecule has 0 amide bonds. The molecule has 0 atom stereocenters. The molecule has 0 radical (unpaired) electrons. The van der Waals surface area contributed by atoms with E-state index in [9.17, 15) is 13.6 Å². The Kier molecular flexibility index (Phi) is 3.10. The van der Waals surface area contributed by atoms with Crippen molar-refractivity contribution in [3.63, 3.8) is 0 Å². The number of hydrogen-bond donors (Lipinski definition) is 1. The zero-order valence-electron chi connectivity index (χ0n) is 9.71. The summed E-state index contributed by atoms with van der Waals surface area (Å²) in [7, 11) is 0. The fourth-order valence-electron chi connectivity index (χ4n) is 1.77. The van der Waals surface area contributed by atoms with Crippen LogP contribution in [0.2, 0.25) is 0 Å². The number of rotatable bonds is 2. The van der Waals surface area contributed by atoms with Gasteiger partial charge in [-0.15, -0.1) is 0 Å². The lowest BCUT2D eigenvalue weighted by Gasteiger charge is -2.05. The van der Waals surface area contributed by atoms with Crippen molar-refractivity contribution in [3.8, 4) is 0 Å². The first-order valence-electron chi connectivity index (χ1n) is 5.34. The van der Waals surface area contributed by atoms with Crippen LogP contribution in [0.5, 0.6) is 0 Å². The average molecular weight is 247 g/mol. The van der Waals surface area contributed by atoms with Gasteiger partial charge in [0.05, 0.1) is 5.56 Å². The van der Waals surface area contributed by atoms with Crippen molar-refractivity contribution in [1.29, 1.82) is 0 Å². The monoisotopic (exact) mass is 247 g/mol. The number of benzene rings is 2. The SMILES string of the molecule is Cc1cc(N)cc(C(=O)c2cc(F)ccc2F)c1. The number of nitrogens with two attached hydrogens (primary N) is 1. The largest absolute Gasteiger partial charge is 0.399 e. The third-order valence-corrected chi connectivity index (χ3v) is 2.53. The predicted molar refractivity (Wildman–Crippen MR) is 65.4 cm³/mol. The van der Waals surface area contributed by atoms with Gasteiger partial charge in [0, 0.05) is 11.3 Å². The van der Waals surface area contributed by atoms with Crippen molar-refractivity contribution in [2.24, 2.45) is 0 Å². The van der Waals surface area contributed by atoms with Gasteiger partial charge in [0.2, 0.25) is 0 Å². The van der Waals surface area contributed by atoms with Gasteiger partial charge in [-0.25, -0.2) is 8.78 Å². The molecule has 2 aromatic carbocycles. The van der Waals surface area contributed by atoms with Crippen molar-refractivity contribution < 1.29 is 13.6 Å². The van der Waals surface area contributed by atoms with Crippen LogP contribution in [-0.4, -0.2) is 5.78 Å². The van der Waals surface area contributed by atoms with Crippen molar-refractivity contribution in [2.45, 2.75) is 6.92 Å². The molecule has 0 spiro atoms. The Balaban J connectivity index is 2.51. The molecule has 0 fully saturated rings. The van der Waals surface area contributed by atoms with Crippen LogP contribution in [0.15, 0.2) is 36.4 Å². The smallest absolute Gasteiger partial charge is 0.196 e. The van der Waals surface area contributed by atoms with Crippen LogP contribution >= 0.6 is 0 Å². The molecule has 0 heterocycles. The number of anilines is 1. The highest BCUT2D eigenvalue weighted by molar-refractivity contribution is 6.09. The van der Waals surface area contributed by atoms with Gasteiger partial charge in [-0.05, 0) is 48.9 Å². The zero-order chi connectivity index (χ0) is 13.3. The van der Waals surface area contributed by atoms with Crippen LogP contribution in [0.4, 0.5) is 14.5 Å². The number of carbonyl (C=O) groups is 1. The van der Waals surface area contributed by atoms with Gasteiger partial charge in [0.15, 0.2) is 5.78 Å². The highest BCUT2D eigenvalue weighted by Crippen LogP contribution is 2.18. The second-order valence-electron chi connectivity index (χ2n) is 4.09. The molecular formula is C14H11F2NO. The first-order valence-corrected chi connectivity index (χ1v) is 5.34. The quantitative estimate of drug-likeness (QED) is 0.654. The molecule has 0 saturated heterocycles. The Morgan fingerprint density at radius 3 is 2.50 bits per heavy atom. The Morgan fingerprint density at radius 1 is 1.11 bits per heavy atom. The van der Waals surface area contributed by atoms with E-state index in [1.54, 1.807) is 19.1 Å². The molecular weight excluding hydrogens is 236 g/mol. The minimum Gasteiger partial charge on any atom is -0.399 e. The number of nitrogen functional groups attached to an aromatic ring is 1. The van der Waals surface area contributed by atoms with Gasteiger partial charge < -0.3 is 5.73 Å². The average Bonchev–Trinajstić information content (AvgIpc) is 2.30. The molecule has 0 bridgehead atoms. The van der Waals surface area contributed by atoms with Crippen molar-refractivity contribution in [1.82, 2.24) is 0 Å². The van der Waals surface area contributed by atoms with Gasteiger partial charge in [-0.1, -0.05) is 0 Å². The first-order chi connectivity index (χ1) is 8.47. The number of carbonyl (C=O) groups excluding carboxylic acids is 1. The second-order valence-corrected chi connectivity index (χ2v) is 4.09. The molecule has 92 valence electrons. The summed E-state index contributed by atoms with van der Waals surface area (Å²) in [5, 5.41) is 0. The van der Waals surface area contributed by atoms with Crippen molar-refractivity contribution >= 4 is 11.5 Å². The van der Waals surface area contributed by atoms with Gasteiger partial charge >= 0.3 is 0 Å². The van der Waals surface area contributed by atoms with Crippen LogP contribution in [0, 0.1) is 18.6 Å². The molecule has 0 aliphatic rings. The number of hydrogen-bond acceptors (Lipinski definition) is 2. The Hall–Kier alpha value is -2.23. The number of aryl methyl sites for hydroxylation is 1. The van der Waals surface area contributed by atoms with Crippen LogP contribution < -0.4 is 5.73 Å². The summed E-state index contributed by atoms with van der Waals surface area (Å²) in [6, 6.07) is 7.51. The fraction of sp³-hybridized carbons (Fsp3) is 0.0714. The Morgan fingerprint density at radius 2 is 1.83 bits per heavy atom. The van der Waals surface area contributed by atoms with Crippen molar-refractivity contribution in [3.05, 3.63) is 64.7 Å². The standard InChI is InChI=1S/C14H11F2NO/c1-8-4-9(6-11(17)5-8)14(18)12-7-10(15)2-3-13(12)16/h2-7H,17H2,1H3. The van der Waals surface area contributed by atoms with Crippen LogP contribution in [0.1, 0.15) is 21.5 Å². The molecule has 2 nitrogen and oxygen atoms in total. The molecule has 2 aromatic rings. The van der Waals surface area contributed by atoms with E-state index < -0.39 is 17.4 Å². The Bertz CT molecular complexity index is 603. The number of halogens is 2. The second kappa shape index (κ2) is 4.56. The molecule has 0 aromatic heterocycles. The molecule has 0 unspecified atom stereocenters. The Labute approximate surface area is 103 Å². The summed E-state index contributed by atoms with van der Waals surface area (Å²) in [6.45, 7) is 1.77. The normalized spacial score (nSPS) is 10.4. The van der Waals surface area contributed by atoms with E-state index in [0.29, 0.717) is 5.69 Å². The molecule has 0 saturated carbocycles. The van der Waals surface area contributed by atoms with E-state index in [2.05, 4.69) is 0 Å². The van der Waals surface area contributed by atoms with Crippen LogP contribution in [-0.2, 0) is 0 Å². The molecule has 4 heteroatoms. The zero-order valence-corrected chi connectivity index (χ0v) is 9.71. The summed E-state index contributed by atoms with van der Waals surface area (Å²) in [5.41, 5.74) is 6.78. The lowest BCUT2D eigenvalue weighted by atomic mass is 10.0. The minimum atomic E-state index is -0.749. The van der Waals surface area contributed by atoms with E-state index in [1.165, 1.54) is 6.07 Å². The summed E-state index contributed by atoms with van der Waals surface area (Å²) >= 11 is 0. The predicted octanol–water partition coefficient (Wildman–Crippen LogP) is 3.09. The maximum atomic E-state index is 13.5. The molecule has 2 rings (SSSR count). The van der Waals surface area contributed by atoms with Gasteiger partial charge in [0.25, 0.3) is 0 Å². The molecule has 18 heavy (non-hydrogen) atoms. The van der Waals surface area contributed by atoms with Gasteiger partial charge in [0.1, 0.15) is 11.6 Å². The van der Waals surface area contributed by atoms with E-state index in [-0.39, 0.29) is 11.1 Å². The maximum Gasteiger partial charge on any atom is 0.196 e. The maximum absolute atomic E-state index is 13.5. The van der Waals surface area contributed by atoms with E-state index in [1.807, 2.05) is 0 Å². The summed E-state index contributed by atoms with van der Waals surface area (Å²) in [5.74, 6) is -1.98. The van der Waals surface area contributed by atoms with Crippen molar-refractivity contribution in [2.75, 3.05) is 5.73 Å². The van der Waals surface area contributed by atoms with Gasteiger partial charge in [-0.3, -0.25) is 4.79 Å². The number of ketones is 1. The lowest BCUT2D eigenvalue weighted by molar-refractivity contribution is 0.103. The lowest BCUT2D eigenvalue weighted by Crippen LogP contribution is -2.06. The fourth-order valence-corrected chi connectivity index (χ4v) is 1.77. The highest BCUT2D eigenvalue weighted by Gasteiger charge is 2.15. The van der Waals surface area contributed by atoms with E-state index in [0.717, 1.165) is 23.8 Å². The van der Waals surface area contributed by atoms with Crippen LogP contribution in [0.3, 0.4) is 0 Å². The molecule has 2 N–H and O–H groups in total. The topological polar surface area (TPSA) is 43.1 Å². The van der Waals surface area contributed by atoms with Crippen LogP contribution in [0.25, 0.3) is 0 Å². The molecule has 0 aliphatic heterocycles. The third kappa shape index (κ3) is 2.37. The third-order valence-electron chi connectivity index (χ3n) is 2.53. The minimum absolute atomic E-state index is 0.247. The van der Waals surface area contributed by atoms with Gasteiger partial charge in [-0.2, -0.15) is 0 Å². The van der Waals surface area contributed by atoms with E-state index in [4.69, 9.17) is 5.73 Å². The summed E-state index contributed by atoms with van der Waals surface area (Å²) in [4.78, 5) is 12.1. The highest BCUT2D eigenvalue weighted by atomic mass is 19.1.